The van der Waals surface area contributed by atoms with E-state index in [4.69, 9.17) is 4.74 Å². The molecule has 5 nitrogen and oxygen atoms in total. The number of aliphatic hydroxyl groups is 1. The van der Waals surface area contributed by atoms with E-state index in [1.165, 1.54) is 0 Å². The van der Waals surface area contributed by atoms with Gasteiger partial charge < -0.3 is 20.5 Å². The first-order chi connectivity index (χ1) is 9.54. The summed E-state index contributed by atoms with van der Waals surface area (Å²) in [5, 5.41) is 15.9. The largest absolute Gasteiger partial charge is 0.389 e. The van der Waals surface area contributed by atoms with E-state index < -0.39 is 6.10 Å². The number of amides is 2. The van der Waals surface area contributed by atoms with Gasteiger partial charge in [-0.1, -0.05) is 30.7 Å². The lowest BCUT2D eigenvalue weighted by Gasteiger charge is -2.23. The maximum atomic E-state index is 11.5. The van der Waals surface area contributed by atoms with Crippen molar-refractivity contribution in [2.75, 3.05) is 20.2 Å². The third kappa shape index (κ3) is 5.75. The van der Waals surface area contributed by atoms with Gasteiger partial charge in [0.2, 0.25) is 0 Å². The minimum Gasteiger partial charge on any atom is -0.389 e. The van der Waals surface area contributed by atoms with Crippen LogP contribution in [0.1, 0.15) is 26.7 Å². The lowest BCUT2D eigenvalue weighted by molar-refractivity contribution is -0.00185. The summed E-state index contributed by atoms with van der Waals surface area (Å²) in [4.78, 5) is 11.5. The second-order valence-corrected chi connectivity index (χ2v) is 5.24. The van der Waals surface area contributed by atoms with Crippen molar-refractivity contribution in [3.05, 3.63) is 23.8 Å². The fourth-order valence-corrected chi connectivity index (χ4v) is 2.17. The number of carbonyl (C=O) groups excluding carboxylic acids is 1. The number of hydrogen-bond donors (Lipinski definition) is 3. The Hall–Kier alpha value is -1.33. The van der Waals surface area contributed by atoms with Crippen LogP contribution in [0.3, 0.4) is 0 Å². The van der Waals surface area contributed by atoms with Gasteiger partial charge in [-0.25, -0.2) is 4.79 Å². The topological polar surface area (TPSA) is 70.6 Å². The van der Waals surface area contributed by atoms with Crippen LogP contribution < -0.4 is 10.6 Å². The number of rotatable bonds is 1. The van der Waals surface area contributed by atoms with E-state index >= 15 is 0 Å². The highest BCUT2D eigenvalue weighted by atomic mass is 16.5. The first-order valence-electron chi connectivity index (χ1n) is 7.11. The van der Waals surface area contributed by atoms with Gasteiger partial charge in [0, 0.05) is 26.1 Å². The zero-order chi connectivity index (χ0) is 15.0. The normalized spacial score (nSPS) is 29.9. The monoisotopic (exact) mass is 282 g/mol. The molecule has 1 heterocycles. The van der Waals surface area contributed by atoms with Crippen LogP contribution in [-0.4, -0.2) is 43.5 Å². The van der Waals surface area contributed by atoms with Crippen LogP contribution in [-0.2, 0) is 4.74 Å². The number of hydrogen-bond acceptors (Lipinski definition) is 3. The van der Waals surface area contributed by atoms with Gasteiger partial charge in [-0.3, -0.25) is 0 Å². The third-order valence-corrected chi connectivity index (χ3v) is 3.38. The summed E-state index contributed by atoms with van der Waals surface area (Å²) in [5.41, 5.74) is 1.02. The Labute approximate surface area is 121 Å². The molecule has 3 unspecified atom stereocenters. The van der Waals surface area contributed by atoms with Crippen molar-refractivity contribution < 1.29 is 14.6 Å². The van der Waals surface area contributed by atoms with Crippen molar-refractivity contribution in [2.45, 2.75) is 38.9 Å². The van der Waals surface area contributed by atoms with E-state index in [9.17, 15) is 9.90 Å². The maximum absolute atomic E-state index is 11.5. The second kappa shape index (κ2) is 8.76. The molecular weight excluding hydrogens is 256 g/mol. The van der Waals surface area contributed by atoms with E-state index in [0.29, 0.717) is 13.1 Å². The Kier molecular flexibility index (Phi) is 7.33. The number of urea groups is 1. The lowest BCUT2D eigenvalue weighted by Crippen LogP contribution is -2.37. The molecule has 0 spiro atoms. The second-order valence-electron chi connectivity index (χ2n) is 5.24. The fraction of sp³-hybridized carbons (Fsp3) is 0.667. The van der Waals surface area contributed by atoms with Crippen LogP contribution in [0.5, 0.6) is 0 Å². The smallest absolute Gasteiger partial charge is 0.315 e. The minimum atomic E-state index is -0.594. The summed E-state index contributed by atoms with van der Waals surface area (Å²) in [7, 11) is 1.60. The predicted molar refractivity (Wildman–Crippen MR) is 79.5 cm³/mol. The molecule has 3 N–H and O–H groups in total. The molecule has 1 aliphatic heterocycles. The molecule has 0 aliphatic carbocycles. The van der Waals surface area contributed by atoms with E-state index in [2.05, 4.69) is 10.6 Å². The van der Waals surface area contributed by atoms with Crippen LogP contribution in [0.15, 0.2) is 23.8 Å². The van der Waals surface area contributed by atoms with Crippen molar-refractivity contribution >= 4 is 6.03 Å². The Bertz CT molecular complexity index is 366. The standard InChI is InChI=1S/C15H26N2O3/c1-11-9-12(2)14(18)13(20-3)7-5-4-6-8-16-15(19)17-10-11/h5,7,9,12-14,18H,4,6,8,10H2,1-3H3,(H2,16,17,19). The molecule has 1 rings (SSSR count). The highest BCUT2D eigenvalue weighted by Gasteiger charge is 2.21. The molecule has 3 atom stereocenters. The van der Waals surface area contributed by atoms with Gasteiger partial charge in [0.1, 0.15) is 6.10 Å². The molecule has 2 amide bonds. The van der Waals surface area contributed by atoms with Gasteiger partial charge >= 0.3 is 6.03 Å². The summed E-state index contributed by atoms with van der Waals surface area (Å²) in [6.07, 6.45) is 6.66. The first-order valence-corrected chi connectivity index (χ1v) is 7.11. The molecule has 0 radical (unpaired) electrons. The average molecular weight is 282 g/mol. The Morgan fingerprint density at radius 3 is 2.85 bits per heavy atom. The van der Waals surface area contributed by atoms with E-state index in [0.717, 1.165) is 18.4 Å². The average Bonchev–Trinajstić information content (AvgIpc) is 2.43. The van der Waals surface area contributed by atoms with Gasteiger partial charge in [0.05, 0.1) is 6.10 Å². The van der Waals surface area contributed by atoms with Crippen molar-refractivity contribution in [3.8, 4) is 0 Å². The number of nitrogens with one attached hydrogen (secondary N) is 2. The lowest BCUT2D eigenvalue weighted by atomic mass is 9.96. The molecule has 20 heavy (non-hydrogen) atoms. The molecule has 0 saturated carbocycles. The zero-order valence-electron chi connectivity index (χ0n) is 12.6. The Morgan fingerprint density at radius 1 is 1.40 bits per heavy atom. The minimum absolute atomic E-state index is 0.0441. The van der Waals surface area contributed by atoms with Crippen molar-refractivity contribution in [1.29, 1.82) is 0 Å². The van der Waals surface area contributed by atoms with Crippen molar-refractivity contribution in [2.24, 2.45) is 5.92 Å². The van der Waals surface area contributed by atoms with Crippen LogP contribution in [0.4, 0.5) is 4.79 Å². The molecule has 1 aliphatic rings. The quantitative estimate of drug-likeness (QED) is 0.640. The molecule has 0 bridgehead atoms. The van der Waals surface area contributed by atoms with Crippen molar-refractivity contribution in [1.82, 2.24) is 10.6 Å². The van der Waals surface area contributed by atoms with Crippen LogP contribution in [0.25, 0.3) is 0 Å². The summed E-state index contributed by atoms with van der Waals surface area (Å²) in [6.45, 7) is 5.00. The first kappa shape index (κ1) is 16.7. The highest BCUT2D eigenvalue weighted by molar-refractivity contribution is 5.74. The summed E-state index contributed by atoms with van der Waals surface area (Å²) in [5.74, 6) is -0.0441. The zero-order valence-corrected chi connectivity index (χ0v) is 12.6. The summed E-state index contributed by atoms with van der Waals surface area (Å²) in [6, 6.07) is -0.151. The van der Waals surface area contributed by atoms with Gasteiger partial charge in [-0.05, 0) is 19.8 Å². The third-order valence-electron chi connectivity index (χ3n) is 3.38. The van der Waals surface area contributed by atoms with E-state index in [-0.39, 0.29) is 18.1 Å². The van der Waals surface area contributed by atoms with Gasteiger partial charge in [0.25, 0.3) is 0 Å². The molecule has 0 aromatic carbocycles. The van der Waals surface area contributed by atoms with Crippen LogP contribution in [0.2, 0.25) is 0 Å². The SMILES string of the molecule is COC1C=CCCCNC(=O)NCC(C)=CC(C)C1O. The van der Waals surface area contributed by atoms with E-state index in [1.807, 2.05) is 32.1 Å². The van der Waals surface area contributed by atoms with Crippen LogP contribution >= 0.6 is 0 Å². The number of allylic oxidation sites excluding steroid dienone is 1. The molecule has 114 valence electrons. The van der Waals surface area contributed by atoms with Crippen molar-refractivity contribution in [3.63, 3.8) is 0 Å². The summed E-state index contributed by atoms with van der Waals surface area (Å²) < 4.78 is 5.33. The number of aliphatic hydroxyl groups excluding tert-OH is 1. The molecule has 0 saturated heterocycles. The predicted octanol–water partition coefficient (Wildman–Crippen LogP) is 1.59. The molecular formula is C15H26N2O3. The number of carbonyl (C=O) groups is 1. The molecule has 0 fully saturated rings. The van der Waals surface area contributed by atoms with E-state index in [1.54, 1.807) is 7.11 Å². The Morgan fingerprint density at radius 2 is 2.15 bits per heavy atom. The molecule has 0 aromatic rings. The van der Waals surface area contributed by atoms with Gasteiger partial charge in [-0.2, -0.15) is 0 Å². The van der Waals surface area contributed by atoms with Gasteiger partial charge in [0.15, 0.2) is 0 Å². The number of methoxy groups -OCH3 is 1. The van der Waals surface area contributed by atoms with Gasteiger partial charge in [-0.15, -0.1) is 0 Å². The number of ether oxygens (including phenoxy) is 1. The summed E-state index contributed by atoms with van der Waals surface area (Å²) >= 11 is 0. The van der Waals surface area contributed by atoms with Crippen LogP contribution in [0, 0.1) is 5.92 Å². The highest BCUT2D eigenvalue weighted by Crippen LogP contribution is 2.15. The molecule has 0 aromatic heterocycles. The Balaban J connectivity index is 2.78. The maximum Gasteiger partial charge on any atom is 0.315 e. The molecule has 5 heteroatoms. The fourth-order valence-electron chi connectivity index (χ4n) is 2.17.